The Morgan fingerprint density at radius 3 is 2.71 bits per heavy atom. The van der Waals surface area contributed by atoms with Gasteiger partial charge in [-0.2, -0.15) is 0 Å². The molecule has 2 rings (SSSR count). The molecule has 17 heavy (non-hydrogen) atoms. The highest BCUT2D eigenvalue weighted by Crippen LogP contribution is 2.42. The first kappa shape index (κ1) is 13.0. The van der Waals surface area contributed by atoms with Crippen LogP contribution in [0.15, 0.2) is 17.5 Å². The van der Waals surface area contributed by atoms with E-state index in [0.717, 1.165) is 6.54 Å². The molecule has 1 fully saturated rings. The molecule has 1 unspecified atom stereocenters. The first-order valence-corrected chi connectivity index (χ1v) is 7.15. The fourth-order valence-corrected chi connectivity index (χ4v) is 3.48. The van der Waals surface area contributed by atoms with Gasteiger partial charge in [-0.05, 0) is 36.8 Å². The number of rotatable bonds is 4. The largest absolute Gasteiger partial charge is 0.309 e. The van der Waals surface area contributed by atoms with E-state index in [9.17, 15) is 8.78 Å². The van der Waals surface area contributed by atoms with Gasteiger partial charge < -0.3 is 5.32 Å². The number of alkyl halides is 2. The predicted molar refractivity (Wildman–Crippen MR) is 67.6 cm³/mol. The highest BCUT2D eigenvalue weighted by molar-refractivity contribution is 7.10. The van der Waals surface area contributed by atoms with Gasteiger partial charge in [-0.25, -0.2) is 8.78 Å². The third-order valence-electron chi connectivity index (χ3n) is 3.51. The smallest absolute Gasteiger partial charge is 0.248 e. The maximum absolute atomic E-state index is 13.2. The Balaban J connectivity index is 2.03. The van der Waals surface area contributed by atoms with Gasteiger partial charge in [-0.3, -0.25) is 0 Å². The lowest BCUT2D eigenvalue weighted by Crippen LogP contribution is -2.33. The quantitative estimate of drug-likeness (QED) is 0.853. The Morgan fingerprint density at radius 2 is 2.18 bits per heavy atom. The van der Waals surface area contributed by atoms with Gasteiger partial charge in [0, 0.05) is 23.8 Å². The minimum atomic E-state index is -2.43. The van der Waals surface area contributed by atoms with Crippen molar-refractivity contribution in [3.8, 4) is 0 Å². The summed E-state index contributed by atoms with van der Waals surface area (Å²) in [4.78, 5) is 1.28. The molecule has 0 aromatic carbocycles. The molecule has 96 valence electrons. The summed E-state index contributed by atoms with van der Waals surface area (Å²) in [6.45, 7) is 2.95. The SMILES string of the molecule is CCNC(c1cccs1)C1CCC(F)(F)CC1. The highest BCUT2D eigenvalue weighted by Gasteiger charge is 2.37. The Morgan fingerprint density at radius 1 is 1.47 bits per heavy atom. The molecule has 1 heterocycles. The molecule has 0 aliphatic heterocycles. The monoisotopic (exact) mass is 259 g/mol. The van der Waals surface area contributed by atoms with Crippen LogP contribution in [-0.2, 0) is 0 Å². The lowest BCUT2D eigenvalue weighted by atomic mass is 9.81. The standard InChI is InChI=1S/C13H19F2NS/c1-2-16-12(11-4-3-9-17-11)10-5-7-13(14,15)8-6-10/h3-4,9-10,12,16H,2,5-8H2,1H3. The third kappa shape index (κ3) is 3.26. The van der Waals surface area contributed by atoms with Crippen molar-refractivity contribution < 1.29 is 8.78 Å². The van der Waals surface area contributed by atoms with Gasteiger partial charge in [0.05, 0.1) is 0 Å². The van der Waals surface area contributed by atoms with Crippen LogP contribution in [0.25, 0.3) is 0 Å². The maximum atomic E-state index is 13.2. The van der Waals surface area contributed by atoms with Gasteiger partial charge in [-0.15, -0.1) is 11.3 Å². The van der Waals surface area contributed by atoms with Crippen molar-refractivity contribution in [2.45, 2.75) is 44.6 Å². The molecule has 0 spiro atoms. The van der Waals surface area contributed by atoms with Crippen LogP contribution in [0.4, 0.5) is 8.78 Å². The number of thiophene rings is 1. The molecule has 1 saturated carbocycles. The third-order valence-corrected chi connectivity index (χ3v) is 4.46. The van der Waals surface area contributed by atoms with E-state index in [1.165, 1.54) is 4.88 Å². The highest BCUT2D eigenvalue weighted by atomic mass is 32.1. The molecular formula is C13H19F2NS. The van der Waals surface area contributed by atoms with Crippen LogP contribution in [0, 0.1) is 5.92 Å². The van der Waals surface area contributed by atoms with E-state index in [0.29, 0.717) is 18.8 Å². The van der Waals surface area contributed by atoms with E-state index in [-0.39, 0.29) is 18.9 Å². The second-order valence-electron chi connectivity index (χ2n) is 4.74. The Kier molecular flexibility index (Phi) is 4.15. The summed E-state index contributed by atoms with van der Waals surface area (Å²) in [7, 11) is 0. The summed E-state index contributed by atoms with van der Waals surface area (Å²) >= 11 is 1.71. The fraction of sp³-hybridized carbons (Fsp3) is 0.692. The summed E-state index contributed by atoms with van der Waals surface area (Å²) in [6.07, 6.45) is 1.35. The molecule has 0 radical (unpaired) electrons. The first-order valence-electron chi connectivity index (χ1n) is 6.27. The van der Waals surface area contributed by atoms with Crippen LogP contribution in [0.1, 0.15) is 43.5 Å². The zero-order valence-corrected chi connectivity index (χ0v) is 10.9. The summed E-state index contributed by atoms with van der Waals surface area (Å²) in [5.41, 5.74) is 0. The maximum Gasteiger partial charge on any atom is 0.248 e. The average Bonchev–Trinajstić information content (AvgIpc) is 2.80. The van der Waals surface area contributed by atoms with Crippen LogP contribution < -0.4 is 5.32 Å². The van der Waals surface area contributed by atoms with Crippen molar-refractivity contribution in [2.75, 3.05) is 6.54 Å². The number of hydrogen-bond acceptors (Lipinski definition) is 2. The van der Waals surface area contributed by atoms with Gasteiger partial charge in [0.25, 0.3) is 0 Å². The number of nitrogens with one attached hydrogen (secondary N) is 1. The number of hydrogen-bond donors (Lipinski definition) is 1. The average molecular weight is 259 g/mol. The summed E-state index contributed by atoms with van der Waals surface area (Å²) in [5.74, 6) is -2.07. The van der Waals surface area contributed by atoms with Gasteiger partial charge in [0.2, 0.25) is 5.92 Å². The minimum Gasteiger partial charge on any atom is -0.309 e. The van der Waals surface area contributed by atoms with Crippen molar-refractivity contribution in [3.63, 3.8) is 0 Å². The summed E-state index contributed by atoms with van der Waals surface area (Å²) < 4.78 is 26.3. The van der Waals surface area contributed by atoms with E-state index >= 15 is 0 Å². The summed E-state index contributed by atoms with van der Waals surface area (Å²) in [6, 6.07) is 4.39. The predicted octanol–water partition coefficient (Wildman–Crippen LogP) is 4.22. The molecule has 1 atom stereocenters. The second kappa shape index (κ2) is 5.44. The van der Waals surface area contributed by atoms with E-state index in [2.05, 4.69) is 23.7 Å². The van der Waals surface area contributed by atoms with Gasteiger partial charge in [0.15, 0.2) is 0 Å². The van der Waals surface area contributed by atoms with Gasteiger partial charge in [-0.1, -0.05) is 13.0 Å². The van der Waals surface area contributed by atoms with Crippen molar-refractivity contribution in [2.24, 2.45) is 5.92 Å². The molecule has 1 nitrogen and oxygen atoms in total. The van der Waals surface area contributed by atoms with Crippen LogP contribution in [-0.4, -0.2) is 12.5 Å². The van der Waals surface area contributed by atoms with Crippen LogP contribution in [0.5, 0.6) is 0 Å². The molecule has 1 aromatic heterocycles. The Labute approximate surface area is 105 Å². The van der Waals surface area contributed by atoms with Gasteiger partial charge >= 0.3 is 0 Å². The van der Waals surface area contributed by atoms with E-state index < -0.39 is 5.92 Å². The molecule has 1 aromatic rings. The second-order valence-corrected chi connectivity index (χ2v) is 5.72. The van der Waals surface area contributed by atoms with Crippen LogP contribution in [0.2, 0.25) is 0 Å². The lowest BCUT2D eigenvalue weighted by molar-refractivity contribution is -0.0495. The number of halogens is 2. The van der Waals surface area contributed by atoms with Crippen molar-refractivity contribution in [1.29, 1.82) is 0 Å². The zero-order chi connectivity index (χ0) is 12.3. The van der Waals surface area contributed by atoms with Gasteiger partial charge in [0.1, 0.15) is 0 Å². The van der Waals surface area contributed by atoms with E-state index in [1.807, 2.05) is 6.07 Å². The Hall–Kier alpha value is -0.480. The fourth-order valence-electron chi connectivity index (χ4n) is 2.58. The van der Waals surface area contributed by atoms with Crippen molar-refractivity contribution >= 4 is 11.3 Å². The molecule has 0 bridgehead atoms. The summed E-state index contributed by atoms with van der Waals surface area (Å²) in [5, 5.41) is 5.50. The van der Waals surface area contributed by atoms with E-state index in [4.69, 9.17) is 0 Å². The zero-order valence-electron chi connectivity index (χ0n) is 10.1. The van der Waals surface area contributed by atoms with Crippen LogP contribution >= 0.6 is 11.3 Å². The van der Waals surface area contributed by atoms with Crippen LogP contribution in [0.3, 0.4) is 0 Å². The van der Waals surface area contributed by atoms with E-state index in [1.54, 1.807) is 11.3 Å². The normalized spacial score (nSPS) is 22.5. The topological polar surface area (TPSA) is 12.0 Å². The van der Waals surface area contributed by atoms with Crippen molar-refractivity contribution in [1.82, 2.24) is 5.32 Å². The molecule has 0 saturated heterocycles. The molecular weight excluding hydrogens is 240 g/mol. The minimum absolute atomic E-state index is 0.0466. The van der Waals surface area contributed by atoms with Crippen molar-refractivity contribution in [3.05, 3.63) is 22.4 Å². The molecule has 1 aliphatic rings. The first-order chi connectivity index (χ1) is 8.12. The molecule has 1 N–H and O–H groups in total. The Bertz CT molecular complexity index is 327. The lowest BCUT2D eigenvalue weighted by Gasteiger charge is -2.33. The molecule has 0 amide bonds. The molecule has 4 heteroatoms. The molecule has 1 aliphatic carbocycles.